The summed E-state index contributed by atoms with van der Waals surface area (Å²) in [6, 6.07) is 0. The summed E-state index contributed by atoms with van der Waals surface area (Å²) in [5, 5.41) is 13.6. The Bertz CT molecular complexity index is 900. The van der Waals surface area contributed by atoms with Crippen LogP contribution in [0.3, 0.4) is 0 Å². The van der Waals surface area contributed by atoms with E-state index in [0.29, 0.717) is 35.6 Å². The second-order valence-electron chi connectivity index (χ2n) is 11.5. The van der Waals surface area contributed by atoms with Crippen LogP contribution in [0.2, 0.25) is 0 Å². The van der Waals surface area contributed by atoms with Crippen molar-refractivity contribution in [2.75, 3.05) is 83.4 Å². The summed E-state index contributed by atoms with van der Waals surface area (Å²) in [5.74, 6) is 5.16. The lowest BCUT2D eigenvalue weighted by molar-refractivity contribution is 0.272. The Morgan fingerprint density at radius 3 is 1.05 bits per heavy atom. The largest absolute Gasteiger partial charge is 0.354 e. The Labute approximate surface area is 246 Å². The minimum Gasteiger partial charge on any atom is -0.354 e. The Balaban J connectivity index is 1.47. The van der Waals surface area contributed by atoms with Gasteiger partial charge in [-0.25, -0.2) is 0 Å². The zero-order chi connectivity index (χ0) is 28.9. The van der Waals surface area contributed by atoms with Crippen LogP contribution in [0.5, 0.6) is 0 Å². The third-order valence-corrected chi connectivity index (χ3v) is 7.65. The smallest absolute Gasteiger partial charge is 0.231 e. The molecule has 2 saturated heterocycles. The van der Waals surface area contributed by atoms with Crippen molar-refractivity contribution in [1.29, 1.82) is 0 Å². The number of fused-ring (bicyclic) bond motifs is 2. The third kappa shape index (κ3) is 9.43. The van der Waals surface area contributed by atoms with Gasteiger partial charge in [-0.05, 0) is 43.9 Å². The number of rotatable bonds is 18. The molecule has 0 amide bonds. The fourth-order valence-corrected chi connectivity index (χ4v) is 5.44. The first-order valence-corrected chi connectivity index (χ1v) is 16.1. The van der Waals surface area contributed by atoms with Gasteiger partial charge in [-0.1, -0.05) is 53.4 Å². The van der Waals surface area contributed by atoms with Crippen molar-refractivity contribution in [2.24, 2.45) is 11.8 Å². The molecule has 41 heavy (non-hydrogen) atoms. The van der Waals surface area contributed by atoms with Gasteiger partial charge in [-0.15, -0.1) is 0 Å². The van der Waals surface area contributed by atoms with Crippen LogP contribution in [-0.2, 0) is 0 Å². The fourth-order valence-electron chi connectivity index (χ4n) is 5.44. The molecule has 0 aliphatic carbocycles. The van der Waals surface area contributed by atoms with Crippen molar-refractivity contribution in [2.45, 2.75) is 85.5 Å². The van der Waals surface area contributed by atoms with E-state index in [-0.39, 0.29) is 0 Å². The number of hydrogen-bond donors (Lipinski definition) is 4. The van der Waals surface area contributed by atoms with E-state index in [1.165, 1.54) is 6.42 Å². The molecule has 2 aliphatic rings. The van der Waals surface area contributed by atoms with Gasteiger partial charge in [0.15, 0.2) is 0 Å². The molecule has 2 aromatic rings. The summed E-state index contributed by atoms with van der Waals surface area (Å²) < 4.78 is 0. The summed E-state index contributed by atoms with van der Waals surface area (Å²) in [6.45, 7) is 15.9. The molecule has 12 nitrogen and oxygen atoms in total. The highest BCUT2D eigenvalue weighted by atomic mass is 15.4. The first kappa shape index (κ1) is 30.8. The standard InChI is InChI=1S/C29H52N12/c1-5-9-13-30-24-34-25(31-14-10-6-2)37-28(36-24)40-18-22-17-23(19-40)21-41(20-22)29-38-26(32-15-11-7-3)35-27(39-29)33-16-12-8-4/h22-23H,5-21H2,1-4H3,(H2,30,31,34,36,37)(H2,32,33,35,38,39). The van der Waals surface area contributed by atoms with Crippen LogP contribution in [0, 0.1) is 11.8 Å². The van der Waals surface area contributed by atoms with Crippen molar-refractivity contribution in [3.63, 3.8) is 0 Å². The fraction of sp³-hybridized carbons (Fsp3) is 0.793. The Kier molecular flexibility index (Phi) is 12.2. The van der Waals surface area contributed by atoms with E-state index in [4.69, 9.17) is 19.9 Å². The summed E-state index contributed by atoms with van der Waals surface area (Å²) in [7, 11) is 0. The van der Waals surface area contributed by atoms with E-state index < -0.39 is 0 Å². The monoisotopic (exact) mass is 568 g/mol. The zero-order valence-corrected chi connectivity index (χ0v) is 25.8. The predicted molar refractivity (Wildman–Crippen MR) is 169 cm³/mol. The van der Waals surface area contributed by atoms with E-state index in [1.54, 1.807) is 0 Å². The van der Waals surface area contributed by atoms with Crippen LogP contribution >= 0.6 is 0 Å². The molecular formula is C29H52N12. The maximum atomic E-state index is 4.85. The first-order valence-electron chi connectivity index (χ1n) is 16.1. The third-order valence-electron chi connectivity index (χ3n) is 7.65. The number of nitrogens with one attached hydrogen (secondary N) is 4. The average Bonchev–Trinajstić information content (AvgIpc) is 2.97. The van der Waals surface area contributed by atoms with E-state index in [2.05, 4.69) is 68.7 Å². The Hall–Kier alpha value is -3.18. The molecule has 0 unspecified atom stereocenters. The van der Waals surface area contributed by atoms with Gasteiger partial charge in [-0.3, -0.25) is 0 Å². The highest BCUT2D eigenvalue weighted by molar-refractivity contribution is 5.47. The molecular weight excluding hydrogens is 516 g/mol. The Morgan fingerprint density at radius 1 is 0.488 bits per heavy atom. The molecule has 4 rings (SSSR count). The molecule has 0 aromatic carbocycles. The van der Waals surface area contributed by atoms with Gasteiger partial charge in [0, 0.05) is 52.4 Å². The number of hydrogen-bond acceptors (Lipinski definition) is 12. The van der Waals surface area contributed by atoms with Gasteiger partial charge in [0.05, 0.1) is 0 Å². The number of aromatic nitrogens is 6. The lowest BCUT2D eigenvalue weighted by atomic mass is 9.85. The summed E-state index contributed by atoms with van der Waals surface area (Å²) >= 11 is 0. The van der Waals surface area contributed by atoms with Crippen molar-refractivity contribution < 1.29 is 0 Å². The van der Waals surface area contributed by atoms with Crippen LogP contribution in [0.25, 0.3) is 0 Å². The second kappa shape index (κ2) is 16.3. The van der Waals surface area contributed by atoms with Crippen LogP contribution in [0.4, 0.5) is 35.7 Å². The van der Waals surface area contributed by atoms with Crippen LogP contribution in [-0.4, -0.2) is 82.3 Å². The maximum absolute atomic E-state index is 4.85. The van der Waals surface area contributed by atoms with E-state index in [1.807, 2.05) is 0 Å². The first-order chi connectivity index (χ1) is 20.1. The molecule has 4 N–H and O–H groups in total. The summed E-state index contributed by atoms with van der Waals surface area (Å²) in [4.78, 5) is 33.4. The number of anilines is 6. The summed E-state index contributed by atoms with van der Waals surface area (Å²) in [6.07, 6.45) is 10.1. The van der Waals surface area contributed by atoms with Gasteiger partial charge in [0.2, 0.25) is 35.7 Å². The lowest BCUT2D eigenvalue weighted by Gasteiger charge is -2.45. The molecule has 228 valence electrons. The van der Waals surface area contributed by atoms with Gasteiger partial charge in [-0.2, -0.15) is 29.9 Å². The molecule has 0 radical (unpaired) electrons. The lowest BCUT2D eigenvalue weighted by Crippen LogP contribution is -2.53. The normalized spacial score (nSPS) is 18.3. The predicted octanol–water partition coefficient (Wildman–Crippen LogP) is 4.87. The van der Waals surface area contributed by atoms with Crippen molar-refractivity contribution in [1.82, 2.24) is 29.9 Å². The number of piperidine rings is 2. The minimum atomic E-state index is 0.483. The molecule has 0 saturated carbocycles. The van der Waals surface area contributed by atoms with Gasteiger partial charge in [0.1, 0.15) is 0 Å². The van der Waals surface area contributed by atoms with E-state index >= 15 is 0 Å². The SMILES string of the molecule is CCCCNc1nc(NCCCC)nc(N2CC3CC(C2)CN(c2nc(NCCCC)nc(NCCCC)n2)C3)n1. The molecule has 2 bridgehead atoms. The van der Waals surface area contributed by atoms with Gasteiger partial charge >= 0.3 is 0 Å². The average molecular weight is 569 g/mol. The topological polar surface area (TPSA) is 132 Å². The van der Waals surface area contributed by atoms with Crippen LogP contribution in [0.1, 0.15) is 85.5 Å². The van der Waals surface area contributed by atoms with E-state index in [0.717, 1.165) is 116 Å². The van der Waals surface area contributed by atoms with Crippen molar-refractivity contribution >= 4 is 35.7 Å². The molecule has 12 heteroatoms. The quantitative estimate of drug-likeness (QED) is 0.183. The summed E-state index contributed by atoms with van der Waals surface area (Å²) in [5.41, 5.74) is 0. The highest BCUT2D eigenvalue weighted by Crippen LogP contribution is 2.32. The molecule has 0 atom stereocenters. The molecule has 0 spiro atoms. The zero-order valence-electron chi connectivity index (χ0n) is 25.8. The number of unbranched alkanes of at least 4 members (excludes halogenated alkanes) is 4. The number of nitrogens with zero attached hydrogens (tertiary/aromatic N) is 8. The Morgan fingerprint density at radius 2 is 0.780 bits per heavy atom. The second-order valence-corrected chi connectivity index (χ2v) is 11.5. The van der Waals surface area contributed by atoms with Crippen molar-refractivity contribution in [3.8, 4) is 0 Å². The molecule has 4 heterocycles. The maximum Gasteiger partial charge on any atom is 0.231 e. The molecule has 2 aromatic heterocycles. The van der Waals surface area contributed by atoms with Crippen LogP contribution in [0.15, 0.2) is 0 Å². The molecule has 2 fully saturated rings. The van der Waals surface area contributed by atoms with Gasteiger partial charge < -0.3 is 31.1 Å². The van der Waals surface area contributed by atoms with Crippen LogP contribution < -0.4 is 31.1 Å². The highest BCUT2D eigenvalue weighted by Gasteiger charge is 2.36. The van der Waals surface area contributed by atoms with Crippen molar-refractivity contribution in [3.05, 3.63) is 0 Å². The van der Waals surface area contributed by atoms with E-state index in [9.17, 15) is 0 Å². The van der Waals surface area contributed by atoms with Gasteiger partial charge in [0.25, 0.3) is 0 Å². The minimum absolute atomic E-state index is 0.483. The molecule has 2 aliphatic heterocycles.